The highest BCUT2D eigenvalue weighted by Crippen LogP contribution is 2.28. The van der Waals surface area contributed by atoms with Crippen molar-refractivity contribution in [2.45, 2.75) is 25.5 Å². The van der Waals surface area contributed by atoms with Gasteiger partial charge in [0.15, 0.2) is 0 Å². The monoisotopic (exact) mass is 408 g/mol. The van der Waals surface area contributed by atoms with Crippen molar-refractivity contribution in [3.8, 4) is 11.5 Å². The molecule has 1 saturated heterocycles. The number of hydrogen-bond acceptors (Lipinski definition) is 4. The SMILES string of the molecule is COc1cccc(CNCCN2CCC(Oc3ccc(Cl)c(Cl)c3)CC2)c1. The summed E-state index contributed by atoms with van der Waals surface area (Å²) in [6, 6.07) is 13.6. The van der Waals surface area contributed by atoms with Gasteiger partial charge in [0, 0.05) is 38.8 Å². The van der Waals surface area contributed by atoms with Crippen LogP contribution in [0.2, 0.25) is 10.0 Å². The van der Waals surface area contributed by atoms with Gasteiger partial charge in [0.2, 0.25) is 0 Å². The second kappa shape index (κ2) is 10.2. The predicted octanol–water partition coefficient (Wildman–Crippen LogP) is 4.64. The van der Waals surface area contributed by atoms with Crippen molar-refractivity contribution in [3.63, 3.8) is 0 Å². The number of benzene rings is 2. The van der Waals surface area contributed by atoms with Crippen LogP contribution in [0.1, 0.15) is 18.4 Å². The van der Waals surface area contributed by atoms with E-state index in [0.717, 1.165) is 57.1 Å². The first-order chi connectivity index (χ1) is 13.1. The van der Waals surface area contributed by atoms with Crippen LogP contribution in [0.25, 0.3) is 0 Å². The number of ether oxygens (including phenoxy) is 2. The molecule has 0 aromatic heterocycles. The van der Waals surface area contributed by atoms with Gasteiger partial charge in [-0.1, -0.05) is 35.3 Å². The van der Waals surface area contributed by atoms with Gasteiger partial charge in [-0.05, 0) is 42.7 Å². The molecule has 27 heavy (non-hydrogen) atoms. The number of likely N-dealkylation sites (tertiary alicyclic amines) is 1. The van der Waals surface area contributed by atoms with Gasteiger partial charge in [0.05, 0.1) is 17.2 Å². The first-order valence-corrected chi connectivity index (χ1v) is 10.1. The Bertz CT molecular complexity index is 734. The summed E-state index contributed by atoms with van der Waals surface area (Å²) in [7, 11) is 1.70. The molecular weight excluding hydrogens is 383 g/mol. The van der Waals surface area contributed by atoms with Crippen molar-refractivity contribution in [2.75, 3.05) is 33.3 Å². The third-order valence-electron chi connectivity index (χ3n) is 4.80. The minimum atomic E-state index is 0.239. The summed E-state index contributed by atoms with van der Waals surface area (Å²) >= 11 is 12.0. The molecule has 1 fully saturated rings. The molecular formula is C21H26Cl2N2O2. The van der Waals surface area contributed by atoms with E-state index in [-0.39, 0.29) is 6.10 Å². The van der Waals surface area contributed by atoms with Crippen LogP contribution in [0.5, 0.6) is 11.5 Å². The summed E-state index contributed by atoms with van der Waals surface area (Å²) in [6.07, 6.45) is 2.29. The van der Waals surface area contributed by atoms with E-state index in [0.29, 0.717) is 10.0 Å². The Morgan fingerprint density at radius 1 is 1.04 bits per heavy atom. The zero-order valence-corrected chi connectivity index (χ0v) is 17.1. The smallest absolute Gasteiger partial charge is 0.121 e. The minimum Gasteiger partial charge on any atom is -0.497 e. The average Bonchev–Trinajstić information content (AvgIpc) is 2.69. The third kappa shape index (κ3) is 6.28. The summed E-state index contributed by atoms with van der Waals surface area (Å²) in [4.78, 5) is 2.48. The lowest BCUT2D eigenvalue weighted by atomic mass is 10.1. The molecule has 0 spiro atoms. The van der Waals surface area contributed by atoms with Crippen molar-refractivity contribution >= 4 is 23.2 Å². The molecule has 3 rings (SSSR count). The van der Waals surface area contributed by atoms with E-state index in [9.17, 15) is 0 Å². The van der Waals surface area contributed by atoms with Crippen molar-refractivity contribution < 1.29 is 9.47 Å². The Kier molecular flexibility index (Phi) is 7.65. The number of nitrogens with zero attached hydrogens (tertiary/aromatic N) is 1. The van der Waals surface area contributed by atoms with Crippen LogP contribution in [0.3, 0.4) is 0 Å². The lowest BCUT2D eigenvalue weighted by molar-refractivity contribution is 0.101. The molecule has 6 heteroatoms. The Morgan fingerprint density at radius 2 is 1.85 bits per heavy atom. The molecule has 1 N–H and O–H groups in total. The Balaban J connectivity index is 1.34. The summed E-state index contributed by atoms with van der Waals surface area (Å²) in [6.45, 7) is 4.97. The topological polar surface area (TPSA) is 33.7 Å². The van der Waals surface area contributed by atoms with E-state index >= 15 is 0 Å². The average molecular weight is 409 g/mol. The molecule has 0 bridgehead atoms. The molecule has 0 amide bonds. The molecule has 2 aromatic carbocycles. The molecule has 146 valence electrons. The first-order valence-electron chi connectivity index (χ1n) is 9.32. The Morgan fingerprint density at radius 3 is 2.59 bits per heavy atom. The quantitative estimate of drug-likeness (QED) is 0.645. The van der Waals surface area contributed by atoms with Crippen molar-refractivity contribution in [2.24, 2.45) is 0 Å². The van der Waals surface area contributed by atoms with E-state index in [4.69, 9.17) is 32.7 Å². The normalized spacial score (nSPS) is 15.7. The van der Waals surface area contributed by atoms with Crippen LogP contribution in [-0.4, -0.2) is 44.3 Å². The fourth-order valence-electron chi connectivity index (χ4n) is 3.25. The number of nitrogens with one attached hydrogen (secondary N) is 1. The highest BCUT2D eigenvalue weighted by atomic mass is 35.5. The zero-order chi connectivity index (χ0) is 19.1. The molecule has 0 unspecified atom stereocenters. The Labute approximate surface area is 171 Å². The number of hydrogen-bond donors (Lipinski definition) is 1. The van der Waals surface area contributed by atoms with Gasteiger partial charge in [-0.15, -0.1) is 0 Å². The zero-order valence-electron chi connectivity index (χ0n) is 15.6. The standard InChI is InChI=1S/C21H26Cl2N2O2/c1-26-18-4-2-3-16(13-18)15-24-9-12-25-10-7-17(8-11-25)27-19-5-6-20(22)21(23)14-19/h2-6,13-14,17,24H,7-12,15H2,1H3. The van der Waals surface area contributed by atoms with Gasteiger partial charge >= 0.3 is 0 Å². The molecule has 0 radical (unpaired) electrons. The summed E-state index contributed by atoms with van der Waals surface area (Å²) in [5.74, 6) is 1.70. The Hall–Kier alpha value is -1.46. The van der Waals surface area contributed by atoms with Crippen molar-refractivity contribution in [1.82, 2.24) is 10.2 Å². The molecule has 0 aliphatic carbocycles. The maximum atomic E-state index is 6.05. The maximum absolute atomic E-state index is 6.05. The fourth-order valence-corrected chi connectivity index (χ4v) is 3.53. The molecule has 0 saturated carbocycles. The molecule has 1 heterocycles. The molecule has 1 aliphatic rings. The van der Waals surface area contributed by atoms with Crippen LogP contribution in [-0.2, 0) is 6.54 Å². The molecule has 0 atom stereocenters. The van der Waals surface area contributed by atoms with E-state index in [1.165, 1.54) is 5.56 Å². The van der Waals surface area contributed by atoms with Crippen LogP contribution < -0.4 is 14.8 Å². The highest BCUT2D eigenvalue weighted by molar-refractivity contribution is 6.42. The highest BCUT2D eigenvalue weighted by Gasteiger charge is 2.20. The summed E-state index contributed by atoms with van der Waals surface area (Å²) < 4.78 is 11.3. The lowest BCUT2D eigenvalue weighted by Gasteiger charge is -2.32. The minimum absolute atomic E-state index is 0.239. The third-order valence-corrected chi connectivity index (χ3v) is 5.54. The van der Waals surface area contributed by atoms with Gasteiger partial charge < -0.3 is 19.7 Å². The van der Waals surface area contributed by atoms with Gasteiger partial charge in [-0.25, -0.2) is 0 Å². The van der Waals surface area contributed by atoms with Gasteiger partial charge in [-0.2, -0.15) is 0 Å². The van der Waals surface area contributed by atoms with Crippen molar-refractivity contribution in [1.29, 1.82) is 0 Å². The van der Waals surface area contributed by atoms with Crippen LogP contribution >= 0.6 is 23.2 Å². The summed E-state index contributed by atoms with van der Waals surface area (Å²) in [5, 5.41) is 4.60. The number of piperidine rings is 1. The molecule has 4 nitrogen and oxygen atoms in total. The largest absolute Gasteiger partial charge is 0.497 e. The molecule has 1 aliphatic heterocycles. The van der Waals surface area contributed by atoms with E-state index < -0.39 is 0 Å². The molecule has 2 aromatic rings. The van der Waals surface area contributed by atoms with E-state index in [1.807, 2.05) is 18.2 Å². The second-order valence-corrected chi connectivity index (χ2v) is 7.58. The fraction of sp³-hybridized carbons (Fsp3) is 0.429. The first kappa shape index (κ1) is 20.3. The van der Waals surface area contributed by atoms with Crippen molar-refractivity contribution in [3.05, 3.63) is 58.1 Å². The van der Waals surface area contributed by atoms with Crippen LogP contribution in [0, 0.1) is 0 Å². The second-order valence-electron chi connectivity index (χ2n) is 6.76. The van der Waals surface area contributed by atoms with Gasteiger partial charge in [-0.3, -0.25) is 0 Å². The number of halogens is 2. The predicted molar refractivity (Wildman–Crippen MR) is 111 cm³/mol. The van der Waals surface area contributed by atoms with E-state index in [2.05, 4.69) is 22.3 Å². The van der Waals surface area contributed by atoms with Gasteiger partial charge in [0.1, 0.15) is 17.6 Å². The lowest BCUT2D eigenvalue weighted by Crippen LogP contribution is -2.41. The van der Waals surface area contributed by atoms with Gasteiger partial charge in [0.25, 0.3) is 0 Å². The number of methoxy groups -OCH3 is 1. The van der Waals surface area contributed by atoms with Crippen LogP contribution in [0.4, 0.5) is 0 Å². The van der Waals surface area contributed by atoms with E-state index in [1.54, 1.807) is 19.2 Å². The number of rotatable bonds is 8. The maximum Gasteiger partial charge on any atom is 0.121 e. The van der Waals surface area contributed by atoms with Crippen LogP contribution in [0.15, 0.2) is 42.5 Å². The summed E-state index contributed by atoms with van der Waals surface area (Å²) in [5.41, 5.74) is 1.24.